The predicted octanol–water partition coefficient (Wildman–Crippen LogP) is 2.77. The zero-order valence-corrected chi connectivity index (χ0v) is 19.2. The number of guanidine groups is 1. The number of rotatable bonds is 8. The third kappa shape index (κ3) is 8.95. The molecule has 1 aliphatic rings. The maximum absolute atomic E-state index is 12.9. The second kappa shape index (κ2) is 12.4. The van der Waals surface area contributed by atoms with Gasteiger partial charge in [0.25, 0.3) is 0 Å². The SMILES string of the molecule is COCC(C)NC(N)=NCCCN1CCN(c2cccc(C(F)(F)F)c2)CC1.I. The van der Waals surface area contributed by atoms with Crippen LogP contribution in [0.15, 0.2) is 29.3 Å². The van der Waals surface area contributed by atoms with Gasteiger partial charge in [-0.05, 0) is 31.5 Å². The van der Waals surface area contributed by atoms with Gasteiger partial charge in [0.1, 0.15) is 0 Å². The van der Waals surface area contributed by atoms with Crippen LogP contribution in [0.1, 0.15) is 18.9 Å². The van der Waals surface area contributed by atoms with Crippen LogP contribution in [0, 0.1) is 0 Å². The predicted molar refractivity (Wildman–Crippen MR) is 121 cm³/mol. The maximum atomic E-state index is 12.9. The van der Waals surface area contributed by atoms with E-state index < -0.39 is 11.7 Å². The lowest BCUT2D eigenvalue weighted by Gasteiger charge is -2.36. The highest BCUT2D eigenvalue weighted by Crippen LogP contribution is 2.31. The Bertz CT molecular complexity index is 637. The van der Waals surface area contributed by atoms with Crippen LogP contribution in [-0.4, -0.2) is 69.9 Å². The summed E-state index contributed by atoms with van der Waals surface area (Å²) in [5, 5.41) is 3.06. The van der Waals surface area contributed by atoms with E-state index in [9.17, 15) is 13.2 Å². The average Bonchev–Trinajstić information content (AvgIpc) is 2.65. The summed E-state index contributed by atoms with van der Waals surface area (Å²) in [5.41, 5.74) is 5.86. The molecule has 0 saturated carbocycles. The summed E-state index contributed by atoms with van der Waals surface area (Å²) < 4.78 is 43.7. The summed E-state index contributed by atoms with van der Waals surface area (Å²) in [5.74, 6) is 0.416. The molecule has 0 amide bonds. The number of nitrogens with two attached hydrogens (primary N) is 1. The fourth-order valence-electron chi connectivity index (χ4n) is 3.19. The molecule has 6 nitrogen and oxygen atoms in total. The average molecular weight is 529 g/mol. The minimum absolute atomic E-state index is 0. The first-order chi connectivity index (χ1) is 13.3. The largest absolute Gasteiger partial charge is 0.416 e. The van der Waals surface area contributed by atoms with E-state index >= 15 is 0 Å². The Kier molecular flexibility index (Phi) is 11.0. The lowest BCUT2D eigenvalue weighted by molar-refractivity contribution is -0.137. The molecule has 1 fully saturated rings. The van der Waals surface area contributed by atoms with Gasteiger partial charge in [0, 0.05) is 58.1 Å². The molecule has 1 unspecified atom stereocenters. The van der Waals surface area contributed by atoms with E-state index in [-0.39, 0.29) is 30.0 Å². The van der Waals surface area contributed by atoms with Crippen molar-refractivity contribution in [3.05, 3.63) is 29.8 Å². The van der Waals surface area contributed by atoms with Crippen molar-refractivity contribution in [2.45, 2.75) is 25.6 Å². The molecule has 3 N–H and O–H groups in total. The number of ether oxygens (including phenoxy) is 1. The molecule has 1 saturated heterocycles. The van der Waals surface area contributed by atoms with Crippen LogP contribution in [-0.2, 0) is 10.9 Å². The van der Waals surface area contributed by atoms with Gasteiger partial charge in [-0.15, -0.1) is 24.0 Å². The van der Waals surface area contributed by atoms with Gasteiger partial charge in [0.2, 0.25) is 0 Å². The molecule has 0 radical (unpaired) electrons. The number of halogens is 4. The second-order valence-electron chi connectivity index (χ2n) is 7.00. The summed E-state index contributed by atoms with van der Waals surface area (Å²) in [7, 11) is 1.64. The van der Waals surface area contributed by atoms with E-state index in [1.807, 2.05) is 11.8 Å². The number of alkyl halides is 3. The zero-order chi connectivity index (χ0) is 20.6. The highest BCUT2D eigenvalue weighted by Gasteiger charge is 2.31. The maximum Gasteiger partial charge on any atom is 0.416 e. The Morgan fingerprint density at radius 3 is 2.59 bits per heavy atom. The Labute approximate surface area is 187 Å². The quantitative estimate of drug-likeness (QED) is 0.235. The zero-order valence-electron chi connectivity index (χ0n) is 16.9. The summed E-state index contributed by atoms with van der Waals surface area (Å²) in [6, 6.07) is 5.65. The van der Waals surface area contributed by atoms with E-state index in [0.29, 0.717) is 37.9 Å². The summed E-state index contributed by atoms with van der Waals surface area (Å²) in [6.07, 6.45) is -3.43. The topological polar surface area (TPSA) is 66.1 Å². The molecule has 2 rings (SSSR count). The molecule has 29 heavy (non-hydrogen) atoms. The fraction of sp³-hybridized carbons (Fsp3) is 0.632. The Morgan fingerprint density at radius 1 is 1.28 bits per heavy atom. The molecule has 166 valence electrons. The smallest absolute Gasteiger partial charge is 0.383 e. The number of methoxy groups -OCH3 is 1. The van der Waals surface area contributed by atoms with E-state index in [4.69, 9.17) is 10.5 Å². The number of anilines is 1. The number of hydrogen-bond acceptors (Lipinski definition) is 4. The third-order valence-electron chi connectivity index (χ3n) is 4.64. The van der Waals surface area contributed by atoms with Gasteiger partial charge in [0.15, 0.2) is 5.96 Å². The van der Waals surface area contributed by atoms with E-state index in [1.54, 1.807) is 13.2 Å². The van der Waals surface area contributed by atoms with Gasteiger partial charge >= 0.3 is 6.18 Å². The van der Waals surface area contributed by atoms with Gasteiger partial charge in [-0.3, -0.25) is 9.89 Å². The first-order valence-electron chi connectivity index (χ1n) is 9.49. The van der Waals surface area contributed by atoms with Crippen molar-refractivity contribution in [1.29, 1.82) is 0 Å². The van der Waals surface area contributed by atoms with Gasteiger partial charge in [0.05, 0.1) is 12.2 Å². The van der Waals surface area contributed by atoms with Crippen molar-refractivity contribution in [2.75, 3.05) is 57.9 Å². The monoisotopic (exact) mass is 529 g/mol. The number of benzene rings is 1. The van der Waals surface area contributed by atoms with Crippen molar-refractivity contribution >= 4 is 35.6 Å². The molecule has 0 bridgehead atoms. The molecule has 0 spiro atoms. The molecule has 10 heteroatoms. The minimum atomic E-state index is -4.31. The Morgan fingerprint density at radius 2 is 1.97 bits per heavy atom. The highest BCUT2D eigenvalue weighted by molar-refractivity contribution is 14.0. The lowest BCUT2D eigenvalue weighted by Crippen LogP contribution is -2.46. The van der Waals surface area contributed by atoms with Gasteiger partial charge in [-0.25, -0.2) is 0 Å². The molecule has 0 aliphatic carbocycles. The summed E-state index contributed by atoms with van der Waals surface area (Å²) >= 11 is 0. The second-order valence-corrected chi connectivity index (χ2v) is 7.00. The molecule has 1 aromatic carbocycles. The van der Waals surface area contributed by atoms with Crippen molar-refractivity contribution in [1.82, 2.24) is 10.2 Å². The van der Waals surface area contributed by atoms with E-state index in [0.717, 1.165) is 32.1 Å². The number of aliphatic imine (C=N–C) groups is 1. The molecule has 0 aromatic heterocycles. The van der Waals surface area contributed by atoms with Crippen molar-refractivity contribution in [2.24, 2.45) is 10.7 Å². The van der Waals surface area contributed by atoms with Crippen LogP contribution in [0.3, 0.4) is 0 Å². The van der Waals surface area contributed by atoms with Crippen LogP contribution < -0.4 is 16.0 Å². The van der Waals surface area contributed by atoms with Crippen molar-refractivity contribution in [3.63, 3.8) is 0 Å². The van der Waals surface area contributed by atoms with Gasteiger partial charge in [-0.2, -0.15) is 13.2 Å². The molecular weight excluding hydrogens is 498 g/mol. The van der Waals surface area contributed by atoms with Crippen LogP contribution in [0.5, 0.6) is 0 Å². The number of nitrogens with zero attached hydrogens (tertiary/aromatic N) is 3. The van der Waals surface area contributed by atoms with Crippen molar-refractivity contribution in [3.8, 4) is 0 Å². The van der Waals surface area contributed by atoms with Crippen molar-refractivity contribution < 1.29 is 17.9 Å². The van der Waals surface area contributed by atoms with Crippen LogP contribution in [0.25, 0.3) is 0 Å². The van der Waals surface area contributed by atoms with Crippen LogP contribution in [0.4, 0.5) is 18.9 Å². The lowest BCUT2D eigenvalue weighted by atomic mass is 10.1. The Balaban J connectivity index is 0.00000420. The normalized spacial score (nSPS) is 17.0. The standard InChI is InChI=1S/C19H30F3N5O.HI/c1-15(14-28-2)25-18(23)24-7-4-8-26-9-11-27(12-10-26)17-6-3-5-16(13-17)19(20,21)22;/h3,5-6,13,15H,4,7-12,14H2,1-2H3,(H3,23,24,25);1H. The summed E-state index contributed by atoms with van der Waals surface area (Å²) in [4.78, 5) is 8.62. The van der Waals surface area contributed by atoms with E-state index in [2.05, 4.69) is 15.2 Å². The highest BCUT2D eigenvalue weighted by atomic mass is 127. The first-order valence-corrected chi connectivity index (χ1v) is 9.49. The van der Waals surface area contributed by atoms with Crippen LogP contribution in [0.2, 0.25) is 0 Å². The number of nitrogens with one attached hydrogen (secondary N) is 1. The number of hydrogen-bond donors (Lipinski definition) is 2. The Hall–Kier alpha value is -1.27. The molecule has 1 aliphatic heterocycles. The number of piperazine rings is 1. The molecule has 1 atom stereocenters. The summed E-state index contributed by atoms with van der Waals surface area (Å²) in [6.45, 7) is 7.11. The third-order valence-corrected chi connectivity index (χ3v) is 4.64. The fourth-order valence-corrected chi connectivity index (χ4v) is 3.19. The van der Waals surface area contributed by atoms with E-state index in [1.165, 1.54) is 12.1 Å². The molecule has 1 aromatic rings. The molecule has 1 heterocycles. The van der Waals surface area contributed by atoms with Gasteiger partial charge < -0.3 is 20.7 Å². The molecular formula is C19H31F3IN5O. The minimum Gasteiger partial charge on any atom is -0.383 e. The first kappa shape index (κ1) is 25.8. The van der Waals surface area contributed by atoms with Gasteiger partial charge in [-0.1, -0.05) is 6.07 Å². The van der Waals surface area contributed by atoms with Crippen LogP contribution >= 0.6 is 24.0 Å².